The van der Waals surface area contributed by atoms with E-state index in [9.17, 15) is 4.79 Å². The molecule has 0 bridgehead atoms. The number of carbonyl (C=O) groups excluding carboxylic acids is 1. The van der Waals surface area contributed by atoms with Crippen LogP contribution in [-0.4, -0.2) is 74.7 Å². The second-order valence-electron chi connectivity index (χ2n) is 11.2. The summed E-state index contributed by atoms with van der Waals surface area (Å²) in [5.41, 5.74) is 11.4. The first-order chi connectivity index (χ1) is 17.7. The van der Waals surface area contributed by atoms with E-state index in [0.29, 0.717) is 12.5 Å². The van der Waals surface area contributed by atoms with Crippen LogP contribution in [-0.2, 0) is 9.53 Å². The molecular weight excluding hydrogens is 484 g/mol. The predicted molar refractivity (Wildman–Crippen MR) is 152 cm³/mol. The first-order valence-corrected chi connectivity index (χ1v) is 14.0. The van der Waals surface area contributed by atoms with Crippen molar-refractivity contribution in [1.29, 1.82) is 0 Å². The summed E-state index contributed by atoms with van der Waals surface area (Å²) < 4.78 is 5.42. The number of likely N-dealkylation sites (tertiary alicyclic amines) is 1. The molecule has 2 aromatic carbocycles. The number of rotatable bonds is 8. The summed E-state index contributed by atoms with van der Waals surface area (Å²) in [5.74, 6) is 0.694. The number of piperazine rings is 1. The maximum Gasteiger partial charge on any atom is 0.227 e. The Labute approximate surface area is 227 Å². The van der Waals surface area contributed by atoms with Gasteiger partial charge in [0, 0.05) is 75.1 Å². The SMILES string of the molecule is COCC(C)N1C[C@@H](C(=O)N2CCN(c3ccc(C)cc3[C@@H](N)C(C)C)CC2)[C@H](c2ccc(Cl)cc2)C1. The molecule has 4 atom stereocenters. The van der Waals surface area contributed by atoms with Crippen LogP contribution in [0.1, 0.15) is 49.4 Å². The zero-order valence-electron chi connectivity index (χ0n) is 23.0. The summed E-state index contributed by atoms with van der Waals surface area (Å²) in [4.78, 5) is 20.8. The van der Waals surface area contributed by atoms with Gasteiger partial charge < -0.3 is 20.3 Å². The van der Waals surface area contributed by atoms with Crippen LogP contribution in [0.3, 0.4) is 0 Å². The topological polar surface area (TPSA) is 62.0 Å². The smallest absolute Gasteiger partial charge is 0.227 e. The third-order valence-corrected chi connectivity index (χ3v) is 8.44. The van der Waals surface area contributed by atoms with Crippen LogP contribution in [0.25, 0.3) is 0 Å². The van der Waals surface area contributed by atoms with Crippen molar-refractivity contribution < 1.29 is 9.53 Å². The van der Waals surface area contributed by atoms with E-state index in [1.807, 2.05) is 12.1 Å². The lowest BCUT2D eigenvalue weighted by molar-refractivity contribution is -0.135. The Morgan fingerprint density at radius 3 is 2.35 bits per heavy atom. The van der Waals surface area contributed by atoms with Crippen molar-refractivity contribution in [2.45, 2.75) is 45.7 Å². The standard InChI is InChI=1S/C30H43ClN4O2/c1-20(2)29(32)25-16-21(3)6-11-28(25)33-12-14-34(15-13-33)30(36)27-18-35(22(4)19-37-5)17-26(27)23-7-9-24(31)10-8-23/h6-11,16,20,22,26-27,29H,12-15,17-19,32H2,1-5H3/t22?,26-,27+,29-/m0/s1. The molecule has 6 nitrogen and oxygen atoms in total. The molecule has 2 aliphatic heterocycles. The molecule has 1 amide bonds. The lowest BCUT2D eigenvalue weighted by atomic mass is 9.88. The fourth-order valence-electron chi connectivity index (χ4n) is 5.83. The third-order valence-electron chi connectivity index (χ3n) is 8.19. The number of halogens is 1. The summed E-state index contributed by atoms with van der Waals surface area (Å²) in [6.45, 7) is 14.0. The molecule has 0 aliphatic carbocycles. The molecule has 2 saturated heterocycles. The van der Waals surface area contributed by atoms with E-state index < -0.39 is 0 Å². The molecule has 0 aromatic heterocycles. The van der Waals surface area contributed by atoms with Gasteiger partial charge in [0.2, 0.25) is 5.91 Å². The molecule has 2 N–H and O–H groups in total. The molecule has 202 valence electrons. The van der Waals surface area contributed by atoms with Gasteiger partial charge in [0.15, 0.2) is 0 Å². The molecule has 7 heteroatoms. The van der Waals surface area contributed by atoms with Gasteiger partial charge in [-0.25, -0.2) is 0 Å². The number of nitrogens with zero attached hydrogens (tertiary/aromatic N) is 3. The molecule has 0 saturated carbocycles. The molecule has 0 spiro atoms. The van der Waals surface area contributed by atoms with Crippen molar-refractivity contribution in [3.63, 3.8) is 0 Å². The van der Waals surface area contributed by atoms with E-state index in [1.165, 1.54) is 22.4 Å². The molecular formula is C30H43ClN4O2. The Hall–Kier alpha value is -2.12. The molecule has 37 heavy (non-hydrogen) atoms. The number of amides is 1. The number of carbonyl (C=O) groups is 1. The van der Waals surface area contributed by atoms with Crippen LogP contribution in [0, 0.1) is 18.8 Å². The number of ether oxygens (including phenoxy) is 1. The summed E-state index contributed by atoms with van der Waals surface area (Å²) in [6.07, 6.45) is 0. The fraction of sp³-hybridized carbons (Fsp3) is 0.567. The number of benzene rings is 2. The number of nitrogens with two attached hydrogens (primary N) is 1. The van der Waals surface area contributed by atoms with Crippen LogP contribution < -0.4 is 10.6 Å². The van der Waals surface area contributed by atoms with Crippen molar-refractivity contribution in [3.8, 4) is 0 Å². The van der Waals surface area contributed by atoms with Crippen molar-refractivity contribution in [3.05, 3.63) is 64.2 Å². The van der Waals surface area contributed by atoms with Crippen molar-refractivity contribution in [2.75, 3.05) is 57.9 Å². The van der Waals surface area contributed by atoms with Crippen LogP contribution in [0.5, 0.6) is 0 Å². The summed E-state index contributed by atoms with van der Waals surface area (Å²) in [7, 11) is 1.73. The highest BCUT2D eigenvalue weighted by molar-refractivity contribution is 6.30. The van der Waals surface area contributed by atoms with Gasteiger partial charge in [0.1, 0.15) is 0 Å². The second-order valence-corrected chi connectivity index (χ2v) is 11.6. The van der Waals surface area contributed by atoms with Crippen molar-refractivity contribution in [1.82, 2.24) is 9.80 Å². The van der Waals surface area contributed by atoms with Gasteiger partial charge in [0.05, 0.1) is 12.5 Å². The first kappa shape index (κ1) is 27.9. The van der Waals surface area contributed by atoms with E-state index in [2.05, 4.69) is 72.7 Å². The number of hydrogen-bond acceptors (Lipinski definition) is 5. The van der Waals surface area contributed by atoms with Gasteiger partial charge in [-0.1, -0.05) is 55.3 Å². The minimum Gasteiger partial charge on any atom is -0.383 e. The van der Waals surface area contributed by atoms with E-state index >= 15 is 0 Å². The van der Waals surface area contributed by atoms with E-state index in [0.717, 1.165) is 44.3 Å². The van der Waals surface area contributed by atoms with Gasteiger partial charge in [-0.15, -0.1) is 0 Å². The molecule has 2 aromatic rings. The maximum absolute atomic E-state index is 13.9. The van der Waals surface area contributed by atoms with E-state index in [4.69, 9.17) is 22.1 Å². The third kappa shape index (κ3) is 6.31. The molecule has 0 radical (unpaired) electrons. The van der Waals surface area contributed by atoms with Gasteiger partial charge in [-0.2, -0.15) is 0 Å². The maximum atomic E-state index is 13.9. The lowest BCUT2D eigenvalue weighted by Gasteiger charge is -2.39. The number of hydrogen-bond donors (Lipinski definition) is 1. The van der Waals surface area contributed by atoms with Crippen LogP contribution in [0.2, 0.25) is 5.02 Å². The largest absolute Gasteiger partial charge is 0.383 e. The normalized spacial score (nSPS) is 22.5. The van der Waals surface area contributed by atoms with Gasteiger partial charge >= 0.3 is 0 Å². The highest BCUT2D eigenvalue weighted by Crippen LogP contribution is 2.36. The molecule has 2 aliphatic rings. The van der Waals surface area contributed by atoms with Gasteiger partial charge in [0.25, 0.3) is 0 Å². The van der Waals surface area contributed by atoms with E-state index in [-0.39, 0.29) is 29.8 Å². The molecule has 4 rings (SSSR count). The Morgan fingerprint density at radius 1 is 1.05 bits per heavy atom. The highest BCUT2D eigenvalue weighted by atomic mass is 35.5. The average Bonchev–Trinajstić information content (AvgIpc) is 3.34. The quantitative estimate of drug-likeness (QED) is 0.540. The van der Waals surface area contributed by atoms with Crippen LogP contribution in [0.4, 0.5) is 5.69 Å². The molecule has 1 unspecified atom stereocenters. The number of methoxy groups -OCH3 is 1. The Kier molecular flexibility index (Phi) is 9.17. The van der Waals surface area contributed by atoms with Crippen LogP contribution in [0.15, 0.2) is 42.5 Å². The average molecular weight is 527 g/mol. The molecule has 2 heterocycles. The van der Waals surface area contributed by atoms with Crippen LogP contribution >= 0.6 is 11.6 Å². The Bertz CT molecular complexity index is 1050. The Balaban J connectivity index is 1.49. The minimum atomic E-state index is -0.0728. The summed E-state index contributed by atoms with van der Waals surface area (Å²) in [6, 6.07) is 14.9. The number of aryl methyl sites for hydroxylation is 1. The Morgan fingerprint density at radius 2 is 1.73 bits per heavy atom. The van der Waals surface area contributed by atoms with E-state index in [1.54, 1.807) is 7.11 Å². The van der Waals surface area contributed by atoms with Crippen molar-refractivity contribution >= 4 is 23.2 Å². The predicted octanol–water partition coefficient (Wildman–Crippen LogP) is 4.70. The van der Waals surface area contributed by atoms with Crippen molar-refractivity contribution in [2.24, 2.45) is 17.6 Å². The zero-order chi connectivity index (χ0) is 26.7. The first-order valence-electron chi connectivity index (χ1n) is 13.6. The molecule has 2 fully saturated rings. The fourth-order valence-corrected chi connectivity index (χ4v) is 5.95. The monoisotopic (exact) mass is 526 g/mol. The summed E-state index contributed by atoms with van der Waals surface area (Å²) >= 11 is 6.17. The zero-order valence-corrected chi connectivity index (χ0v) is 23.7. The van der Waals surface area contributed by atoms with Gasteiger partial charge in [-0.3, -0.25) is 9.69 Å². The minimum absolute atomic E-state index is 0.00624. The van der Waals surface area contributed by atoms with Gasteiger partial charge in [-0.05, 0) is 49.1 Å². The number of anilines is 1. The highest BCUT2D eigenvalue weighted by Gasteiger charge is 2.42. The lowest BCUT2D eigenvalue weighted by Crippen LogP contribution is -2.51. The summed E-state index contributed by atoms with van der Waals surface area (Å²) in [5, 5.41) is 0.720. The second kappa shape index (κ2) is 12.2.